The average Bonchev–Trinajstić information content (AvgIpc) is 2.81. The van der Waals surface area contributed by atoms with Crippen LogP contribution in [0.5, 0.6) is 0 Å². The summed E-state index contributed by atoms with van der Waals surface area (Å²) in [5, 5.41) is 5.27. The molecule has 0 saturated heterocycles. The van der Waals surface area contributed by atoms with Crippen LogP contribution in [-0.4, -0.2) is 48.1 Å². The Hall–Kier alpha value is -1.15. The molecule has 0 fully saturated rings. The van der Waals surface area contributed by atoms with Crippen LogP contribution in [0.25, 0.3) is 4.96 Å². The molecule has 0 N–H and O–H groups in total. The van der Waals surface area contributed by atoms with Gasteiger partial charge in [0.05, 0.1) is 17.6 Å². The molecule has 0 aliphatic heterocycles. The summed E-state index contributed by atoms with van der Waals surface area (Å²) in [6.45, 7) is 8.22. The molecule has 6 nitrogen and oxygen atoms in total. The summed E-state index contributed by atoms with van der Waals surface area (Å²) < 4.78 is 24.6. The van der Waals surface area contributed by atoms with Crippen molar-refractivity contribution in [2.24, 2.45) is 0 Å². The van der Waals surface area contributed by atoms with E-state index in [9.17, 15) is 8.42 Å². The number of anilines is 1. The number of hydrogen-bond donors (Lipinski definition) is 0. The van der Waals surface area contributed by atoms with Gasteiger partial charge in [0.2, 0.25) is 10.1 Å². The van der Waals surface area contributed by atoms with E-state index in [1.165, 1.54) is 17.6 Å². The van der Waals surface area contributed by atoms with E-state index in [0.717, 1.165) is 15.8 Å². The van der Waals surface area contributed by atoms with Gasteiger partial charge in [-0.05, 0) is 6.92 Å². The molecule has 0 aromatic carbocycles. The van der Waals surface area contributed by atoms with E-state index in [2.05, 4.69) is 30.9 Å². The molecular weight excluding hydrogens is 308 g/mol. The first kappa shape index (κ1) is 16.2. The maximum Gasteiger partial charge on any atom is 0.214 e. The summed E-state index contributed by atoms with van der Waals surface area (Å²) in [7, 11) is -1.15. The van der Waals surface area contributed by atoms with Crippen LogP contribution in [0.1, 0.15) is 33.4 Å². The average molecular weight is 330 g/mol. The Morgan fingerprint density at radius 3 is 2.52 bits per heavy atom. The Morgan fingerprint density at radius 1 is 1.43 bits per heavy atom. The predicted molar refractivity (Wildman–Crippen MR) is 87.1 cm³/mol. The molecule has 8 heteroatoms. The molecule has 0 amide bonds. The van der Waals surface area contributed by atoms with E-state index in [-0.39, 0.29) is 17.2 Å². The van der Waals surface area contributed by atoms with Crippen molar-refractivity contribution in [3.8, 4) is 0 Å². The van der Waals surface area contributed by atoms with Gasteiger partial charge in [0.25, 0.3) is 0 Å². The van der Waals surface area contributed by atoms with Gasteiger partial charge in [0.15, 0.2) is 0 Å². The first-order valence-corrected chi connectivity index (χ1v) is 9.62. The van der Waals surface area contributed by atoms with E-state index in [1.807, 2.05) is 25.1 Å². The number of nitrogens with zero attached hydrogens (tertiary/aromatic N) is 4. The Kier molecular flexibility index (Phi) is 4.05. The largest absolute Gasteiger partial charge is 0.346 e. The molecule has 0 spiro atoms. The molecule has 2 rings (SSSR count). The summed E-state index contributed by atoms with van der Waals surface area (Å²) in [6, 6.07) is -0.127. The zero-order valence-corrected chi connectivity index (χ0v) is 14.9. The third-order valence-electron chi connectivity index (χ3n) is 3.31. The normalized spacial score (nSPS) is 14.6. The van der Waals surface area contributed by atoms with Gasteiger partial charge in [-0.1, -0.05) is 32.1 Å². The minimum Gasteiger partial charge on any atom is -0.346 e. The van der Waals surface area contributed by atoms with Gasteiger partial charge < -0.3 is 4.90 Å². The van der Waals surface area contributed by atoms with E-state index in [4.69, 9.17) is 0 Å². The Labute approximate surface area is 129 Å². The van der Waals surface area contributed by atoms with E-state index in [0.29, 0.717) is 0 Å². The summed E-state index contributed by atoms with van der Waals surface area (Å²) in [4.78, 5) is 7.31. The van der Waals surface area contributed by atoms with Crippen LogP contribution in [0.15, 0.2) is 6.20 Å². The molecule has 0 bridgehead atoms. The number of sulfone groups is 1. The fourth-order valence-corrected chi connectivity index (χ4v) is 3.98. The van der Waals surface area contributed by atoms with Gasteiger partial charge in [-0.3, -0.25) is 0 Å². The second-order valence-corrected chi connectivity index (χ2v) is 9.66. The highest BCUT2D eigenvalue weighted by Gasteiger charge is 2.22. The van der Waals surface area contributed by atoms with Gasteiger partial charge in [-0.2, -0.15) is 0 Å². The second-order valence-electron chi connectivity index (χ2n) is 6.54. The lowest BCUT2D eigenvalue weighted by molar-refractivity contribution is 0.572. The van der Waals surface area contributed by atoms with E-state index in [1.54, 1.807) is 4.52 Å². The topological polar surface area (TPSA) is 67.6 Å². The molecule has 2 aromatic heterocycles. The molecule has 1 unspecified atom stereocenters. The molecule has 2 aromatic rings. The van der Waals surface area contributed by atoms with Crippen molar-refractivity contribution in [2.45, 2.75) is 39.2 Å². The quantitative estimate of drug-likeness (QED) is 0.857. The lowest BCUT2D eigenvalue weighted by Crippen LogP contribution is -2.34. The minimum absolute atomic E-state index is 0.0108. The number of imidazole rings is 1. The van der Waals surface area contributed by atoms with Crippen LogP contribution < -0.4 is 4.90 Å². The van der Waals surface area contributed by atoms with Gasteiger partial charge in [-0.15, -0.1) is 5.10 Å². The lowest BCUT2D eigenvalue weighted by Gasteiger charge is -2.22. The molecule has 0 aliphatic rings. The highest BCUT2D eigenvalue weighted by Crippen LogP contribution is 2.27. The number of aromatic nitrogens is 3. The third kappa shape index (κ3) is 3.74. The number of hydrogen-bond acceptors (Lipinski definition) is 6. The minimum atomic E-state index is -3.01. The number of rotatable bonds is 4. The molecule has 1 atom stereocenters. The SMILES string of the molecule is CC(CS(C)(=O)=O)N(C)c1nn2cc(C(C)(C)C)nc2s1. The Bertz CT molecular complexity index is 708. The maximum absolute atomic E-state index is 11.4. The Balaban J connectivity index is 2.25. The predicted octanol–water partition coefficient (Wildman–Crippen LogP) is 1.96. The fourth-order valence-electron chi connectivity index (χ4n) is 1.93. The highest BCUT2D eigenvalue weighted by molar-refractivity contribution is 7.90. The van der Waals surface area contributed by atoms with Crippen molar-refractivity contribution in [3.63, 3.8) is 0 Å². The summed E-state index contributed by atoms with van der Waals surface area (Å²) in [5.74, 6) is 0.110. The van der Waals surface area contributed by atoms with Crippen LogP contribution in [0.4, 0.5) is 5.13 Å². The molecular formula is C13H22N4O2S2. The summed E-state index contributed by atoms with van der Waals surface area (Å²) >= 11 is 1.47. The molecule has 0 aliphatic carbocycles. The summed E-state index contributed by atoms with van der Waals surface area (Å²) in [5.41, 5.74) is 0.989. The van der Waals surface area contributed by atoms with Crippen molar-refractivity contribution in [1.29, 1.82) is 0 Å². The second kappa shape index (κ2) is 5.24. The Morgan fingerprint density at radius 2 is 2.05 bits per heavy atom. The first-order chi connectivity index (χ1) is 9.47. The van der Waals surface area contributed by atoms with Crippen LogP contribution >= 0.6 is 11.3 Å². The third-order valence-corrected chi connectivity index (χ3v) is 5.41. The molecule has 2 heterocycles. The van der Waals surface area contributed by atoms with Gasteiger partial charge in [0.1, 0.15) is 9.84 Å². The van der Waals surface area contributed by atoms with E-state index < -0.39 is 9.84 Å². The summed E-state index contributed by atoms with van der Waals surface area (Å²) in [6.07, 6.45) is 3.19. The van der Waals surface area contributed by atoms with Gasteiger partial charge >= 0.3 is 0 Å². The van der Waals surface area contributed by atoms with Gasteiger partial charge in [-0.25, -0.2) is 17.9 Å². The highest BCUT2D eigenvalue weighted by atomic mass is 32.2. The standard InChI is InChI=1S/C13H22N4O2S2/c1-9(8-21(6,18)19)16(5)12-15-17-7-10(13(2,3)4)14-11(17)20-12/h7,9H,8H2,1-6H3. The van der Waals surface area contributed by atoms with Crippen LogP contribution in [0.2, 0.25) is 0 Å². The molecule has 0 radical (unpaired) electrons. The molecule has 118 valence electrons. The zero-order chi connectivity index (χ0) is 16.0. The van der Waals surface area contributed by atoms with E-state index >= 15 is 0 Å². The zero-order valence-electron chi connectivity index (χ0n) is 13.3. The molecule has 0 saturated carbocycles. The monoisotopic (exact) mass is 330 g/mol. The van der Waals surface area contributed by atoms with Crippen LogP contribution in [0, 0.1) is 0 Å². The lowest BCUT2D eigenvalue weighted by atomic mass is 9.93. The molecule has 21 heavy (non-hydrogen) atoms. The van der Waals surface area contributed by atoms with Crippen molar-refractivity contribution in [3.05, 3.63) is 11.9 Å². The van der Waals surface area contributed by atoms with Crippen molar-refractivity contribution < 1.29 is 8.42 Å². The van der Waals surface area contributed by atoms with Crippen LogP contribution in [-0.2, 0) is 15.3 Å². The van der Waals surface area contributed by atoms with Crippen molar-refractivity contribution in [1.82, 2.24) is 14.6 Å². The fraction of sp³-hybridized carbons (Fsp3) is 0.692. The smallest absolute Gasteiger partial charge is 0.214 e. The number of fused-ring (bicyclic) bond motifs is 1. The van der Waals surface area contributed by atoms with Crippen LogP contribution in [0.3, 0.4) is 0 Å². The first-order valence-electron chi connectivity index (χ1n) is 6.74. The van der Waals surface area contributed by atoms with Crippen molar-refractivity contribution in [2.75, 3.05) is 24.0 Å². The maximum atomic E-state index is 11.4. The van der Waals surface area contributed by atoms with Crippen molar-refractivity contribution >= 4 is 31.3 Å². The van der Waals surface area contributed by atoms with Gasteiger partial charge in [0, 0.05) is 24.8 Å².